The number of para-hydroxylation sites is 2. The summed E-state index contributed by atoms with van der Waals surface area (Å²) >= 11 is 0. The van der Waals surface area contributed by atoms with Crippen LogP contribution < -0.4 is 0 Å². The maximum Gasteiger partial charge on any atom is 0.0617 e. The lowest BCUT2D eigenvalue weighted by Gasteiger charge is -2.31. The highest BCUT2D eigenvalue weighted by atomic mass is 14.9. The van der Waals surface area contributed by atoms with Crippen LogP contribution in [0.5, 0.6) is 0 Å². The summed E-state index contributed by atoms with van der Waals surface area (Å²) in [6, 6.07) is 47.9. The lowest BCUT2D eigenvalue weighted by Crippen LogP contribution is -2.13. The molecule has 10 rings (SSSR count). The van der Waals surface area contributed by atoms with Crippen molar-refractivity contribution in [2.24, 2.45) is 0 Å². The highest BCUT2D eigenvalue weighted by molar-refractivity contribution is 6.17. The third kappa shape index (κ3) is 3.85. The Hall–Kier alpha value is -5.40. The van der Waals surface area contributed by atoms with E-state index in [1.165, 1.54) is 99.7 Å². The predicted molar refractivity (Wildman–Crippen MR) is 203 cm³/mol. The number of aryl methyl sites for hydroxylation is 2. The third-order valence-corrected chi connectivity index (χ3v) is 11.3. The van der Waals surface area contributed by atoms with Crippen molar-refractivity contribution in [1.29, 1.82) is 0 Å². The van der Waals surface area contributed by atoms with E-state index in [-0.39, 0.29) is 0 Å². The summed E-state index contributed by atoms with van der Waals surface area (Å²) in [6.07, 6.45) is 6.85. The number of allylic oxidation sites excluding steroid dienone is 1. The van der Waals surface area contributed by atoms with E-state index in [2.05, 4.69) is 152 Å². The van der Waals surface area contributed by atoms with Gasteiger partial charge in [0.2, 0.25) is 0 Å². The Kier molecular flexibility index (Phi) is 6.09. The van der Waals surface area contributed by atoms with Gasteiger partial charge in [0.25, 0.3) is 0 Å². The lowest BCUT2D eigenvalue weighted by molar-refractivity contribution is 0.655. The Morgan fingerprint density at radius 1 is 0.646 bits per heavy atom. The summed E-state index contributed by atoms with van der Waals surface area (Å²) in [5.41, 5.74) is 20.8. The second-order valence-corrected chi connectivity index (χ2v) is 13.8. The van der Waals surface area contributed by atoms with Crippen molar-refractivity contribution < 1.29 is 0 Å². The zero-order valence-corrected chi connectivity index (χ0v) is 27.6. The molecule has 0 N–H and O–H groups in total. The molecule has 230 valence electrons. The standard InChI is InChI=1S/C47H37N/c1-3-30-27-33-26-25-32(31-14-5-4-6-15-31)28-42(33)36-18-10-23-41(45(30)36)44-29(2)13-9-17-35(44)38-20-12-22-40-39-21-11-19-37-34-16-7-8-24-43(34)48(46(37)39)47(38)40/h4-11,13-21,23-26,28,30H,3,12,22,27H2,1-2H3. The quantitative estimate of drug-likeness (QED) is 0.186. The molecule has 1 atom stereocenters. The Morgan fingerprint density at radius 3 is 2.29 bits per heavy atom. The van der Waals surface area contributed by atoms with Gasteiger partial charge in [0.05, 0.1) is 16.7 Å². The van der Waals surface area contributed by atoms with E-state index in [1.807, 2.05) is 0 Å². The van der Waals surface area contributed by atoms with Crippen LogP contribution in [0.3, 0.4) is 0 Å². The van der Waals surface area contributed by atoms with Gasteiger partial charge in [-0.3, -0.25) is 0 Å². The van der Waals surface area contributed by atoms with Crippen molar-refractivity contribution in [1.82, 2.24) is 4.40 Å². The number of aromatic nitrogens is 1. The molecule has 1 heteroatoms. The molecule has 1 unspecified atom stereocenters. The molecule has 0 amide bonds. The molecule has 2 aromatic heterocycles. The minimum absolute atomic E-state index is 0.470. The first kappa shape index (κ1) is 27.7. The maximum absolute atomic E-state index is 2.59. The minimum Gasteiger partial charge on any atom is -0.308 e. The molecule has 2 aliphatic rings. The van der Waals surface area contributed by atoms with E-state index >= 15 is 0 Å². The lowest BCUT2D eigenvalue weighted by atomic mass is 9.73. The molecular weight excluding hydrogens is 579 g/mol. The fourth-order valence-corrected chi connectivity index (χ4v) is 9.23. The van der Waals surface area contributed by atoms with Crippen LogP contribution in [0, 0.1) is 6.92 Å². The van der Waals surface area contributed by atoms with Crippen molar-refractivity contribution in [3.05, 3.63) is 167 Å². The third-order valence-electron chi connectivity index (χ3n) is 11.3. The Balaban J connectivity index is 1.22. The van der Waals surface area contributed by atoms with Gasteiger partial charge in [0, 0.05) is 21.7 Å². The summed E-state index contributed by atoms with van der Waals surface area (Å²) < 4.78 is 2.59. The molecule has 0 saturated carbocycles. The zero-order valence-electron chi connectivity index (χ0n) is 27.6. The average Bonchev–Trinajstić information content (AvgIpc) is 3.67. The van der Waals surface area contributed by atoms with Gasteiger partial charge in [-0.2, -0.15) is 0 Å². The summed E-state index contributed by atoms with van der Waals surface area (Å²) in [4.78, 5) is 0. The fraction of sp³-hybridized carbons (Fsp3) is 0.149. The van der Waals surface area contributed by atoms with Crippen LogP contribution in [0.1, 0.15) is 59.2 Å². The van der Waals surface area contributed by atoms with Crippen molar-refractivity contribution in [2.75, 3.05) is 0 Å². The SMILES string of the molecule is CCC1Cc2ccc(-c3ccccc3)cc2-c2cccc(-c3c(C)cccc3C3=CCCc4c3n3c5ccccc5c5cccc4c53)c21. The summed E-state index contributed by atoms with van der Waals surface area (Å²) in [5.74, 6) is 0.470. The molecule has 2 aliphatic carbocycles. The van der Waals surface area contributed by atoms with E-state index in [4.69, 9.17) is 0 Å². The molecule has 0 bridgehead atoms. The second-order valence-electron chi connectivity index (χ2n) is 13.8. The van der Waals surface area contributed by atoms with Crippen molar-refractivity contribution in [2.45, 2.75) is 45.4 Å². The molecule has 48 heavy (non-hydrogen) atoms. The van der Waals surface area contributed by atoms with Gasteiger partial charge >= 0.3 is 0 Å². The van der Waals surface area contributed by atoms with E-state index in [0.29, 0.717) is 5.92 Å². The smallest absolute Gasteiger partial charge is 0.0617 e. The van der Waals surface area contributed by atoms with Crippen LogP contribution in [0.25, 0.3) is 66.1 Å². The van der Waals surface area contributed by atoms with Gasteiger partial charge in [-0.25, -0.2) is 0 Å². The second kappa shape index (κ2) is 10.6. The molecule has 6 aromatic carbocycles. The number of nitrogens with zero attached hydrogens (tertiary/aromatic N) is 1. The van der Waals surface area contributed by atoms with Gasteiger partial charge < -0.3 is 4.40 Å². The van der Waals surface area contributed by atoms with Crippen LogP contribution in [0.4, 0.5) is 0 Å². The Labute approximate surface area is 282 Å². The normalized spacial score (nSPS) is 15.5. The van der Waals surface area contributed by atoms with Crippen LogP contribution >= 0.6 is 0 Å². The number of fused-ring (bicyclic) bond motifs is 9. The highest BCUT2D eigenvalue weighted by Crippen LogP contribution is 2.50. The average molecular weight is 616 g/mol. The molecule has 0 spiro atoms. The summed E-state index contributed by atoms with van der Waals surface area (Å²) in [7, 11) is 0. The van der Waals surface area contributed by atoms with Crippen molar-refractivity contribution in [3.63, 3.8) is 0 Å². The highest BCUT2D eigenvalue weighted by Gasteiger charge is 2.31. The predicted octanol–water partition coefficient (Wildman–Crippen LogP) is 12.4. The Morgan fingerprint density at radius 2 is 1.40 bits per heavy atom. The topological polar surface area (TPSA) is 4.41 Å². The first-order valence-corrected chi connectivity index (χ1v) is 17.6. The molecule has 0 saturated heterocycles. The summed E-state index contributed by atoms with van der Waals surface area (Å²) in [6.45, 7) is 4.68. The first-order chi connectivity index (χ1) is 23.7. The van der Waals surface area contributed by atoms with Crippen LogP contribution in [-0.4, -0.2) is 4.40 Å². The molecular formula is C47H37N. The van der Waals surface area contributed by atoms with Gasteiger partial charge in [-0.1, -0.05) is 128 Å². The zero-order chi connectivity index (χ0) is 31.9. The van der Waals surface area contributed by atoms with Crippen molar-refractivity contribution >= 4 is 32.8 Å². The monoisotopic (exact) mass is 615 g/mol. The van der Waals surface area contributed by atoms with Gasteiger partial charge in [0.15, 0.2) is 0 Å². The van der Waals surface area contributed by atoms with Gasteiger partial charge in [-0.15, -0.1) is 0 Å². The van der Waals surface area contributed by atoms with E-state index in [9.17, 15) is 0 Å². The molecule has 0 radical (unpaired) electrons. The van der Waals surface area contributed by atoms with Crippen molar-refractivity contribution in [3.8, 4) is 33.4 Å². The van der Waals surface area contributed by atoms with Crippen LogP contribution in [0.2, 0.25) is 0 Å². The number of rotatable bonds is 4. The maximum atomic E-state index is 2.59. The Bertz CT molecular complexity index is 2580. The molecule has 0 fully saturated rings. The number of benzene rings is 6. The largest absolute Gasteiger partial charge is 0.308 e. The van der Waals surface area contributed by atoms with E-state index in [1.54, 1.807) is 0 Å². The minimum atomic E-state index is 0.470. The van der Waals surface area contributed by atoms with E-state index < -0.39 is 0 Å². The van der Waals surface area contributed by atoms with Crippen LogP contribution in [-0.2, 0) is 12.8 Å². The fourth-order valence-electron chi connectivity index (χ4n) is 9.23. The molecule has 8 aromatic rings. The van der Waals surface area contributed by atoms with Gasteiger partial charge in [0.1, 0.15) is 0 Å². The number of hydrogen-bond donors (Lipinski definition) is 0. The molecule has 1 nitrogen and oxygen atoms in total. The first-order valence-electron chi connectivity index (χ1n) is 17.6. The van der Waals surface area contributed by atoms with Gasteiger partial charge in [-0.05, 0) is 112 Å². The molecule has 0 aliphatic heterocycles. The van der Waals surface area contributed by atoms with E-state index in [0.717, 1.165) is 25.7 Å². The summed E-state index contributed by atoms with van der Waals surface area (Å²) in [5, 5.41) is 4.11. The molecule has 2 heterocycles. The number of hydrogen-bond acceptors (Lipinski definition) is 0. The van der Waals surface area contributed by atoms with Crippen LogP contribution in [0.15, 0.2) is 133 Å².